The molecule has 100 valence electrons. The lowest BCUT2D eigenvalue weighted by atomic mass is 9.91. The zero-order valence-corrected chi connectivity index (χ0v) is 11.8. The van der Waals surface area contributed by atoms with Crippen molar-refractivity contribution in [3.8, 4) is 0 Å². The van der Waals surface area contributed by atoms with E-state index in [2.05, 4.69) is 36.5 Å². The minimum Gasteiger partial charge on any atom is -0.334 e. The van der Waals surface area contributed by atoms with Crippen LogP contribution in [-0.2, 0) is 11.2 Å². The van der Waals surface area contributed by atoms with Crippen molar-refractivity contribution in [3.63, 3.8) is 0 Å². The third-order valence-electron chi connectivity index (χ3n) is 3.45. The third-order valence-corrected chi connectivity index (χ3v) is 3.45. The van der Waals surface area contributed by atoms with E-state index in [1.165, 1.54) is 11.1 Å². The molecular formula is C14H21ClN2O. The van der Waals surface area contributed by atoms with Gasteiger partial charge in [0.2, 0.25) is 5.91 Å². The van der Waals surface area contributed by atoms with Crippen LogP contribution in [0.25, 0.3) is 0 Å². The maximum absolute atomic E-state index is 12.0. The van der Waals surface area contributed by atoms with E-state index < -0.39 is 0 Å². The Kier molecular flexibility index (Phi) is 5.63. The van der Waals surface area contributed by atoms with Crippen LogP contribution in [0, 0.1) is 0 Å². The zero-order chi connectivity index (χ0) is 12.3. The molecule has 3 nitrogen and oxygen atoms in total. The van der Waals surface area contributed by atoms with Gasteiger partial charge in [0.1, 0.15) is 0 Å². The van der Waals surface area contributed by atoms with Crippen LogP contribution in [0.4, 0.5) is 0 Å². The molecule has 1 amide bonds. The molecule has 1 aliphatic heterocycles. The van der Waals surface area contributed by atoms with Gasteiger partial charge in [-0.1, -0.05) is 31.2 Å². The summed E-state index contributed by atoms with van der Waals surface area (Å²) in [5.41, 5.74) is 2.72. The molecule has 0 aromatic heterocycles. The summed E-state index contributed by atoms with van der Waals surface area (Å²) < 4.78 is 0. The smallest absolute Gasteiger partial charge is 0.237 e. The Bertz CT molecular complexity index is 409. The number of benzene rings is 1. The summed E-state index contributed by atoms with van der Waals surface area (Å²) in [7, 11) is 1.82. The normalized spacial score (nSPS) is 17.9. The third kappa shape index (κ3) is 2.85. The first-order valence-corrected chi connectivity index (χ1v) is 6.29. The molecular weight excluding hydrogens is 248 g/mol. The van der Waals surface area contributed by atoms with Gasteiger partial charge in [0, 0.05) is 6.54 Å². The van der Waals surface area contributed by atoms with E-state index in [0.717, 1.165) is 19.4 Å². The Labute approximate surface area is 115 Å². The van der Waals surface area contributed by atoms with Crippen molar-refractivity contribution in [2.24, 2.45) is 0 Å². The molecule has 0 saturated carbocycles. The number of likely N-dealkylation sites (N-methyl/N-ethyl adjacent to an activating group) is 1. The number of rotatable bonds is 3. The van der Waals surface area contributed by atoms with Crippen molar-refractivity contribution >= 4 is 18.3 Å². The highest BCUT2D eigenvalue weighted by Gasteiger charge is 2.28. The lowest BCUT2D eigenvalue weighted by Crippen LogP contribution is -2.43. The minimum atomic E-state index is 0. The van der Waals surface area contributed by atoms with Crippen molar-refractivity contribution in [1.82, 2.24) is 10.2 Å². The molecule has 0 radical (unpaired) electrons. The summed E-state index contributed by atoms with van der Waals surface area (Å²) in [6.45, 7) is 3.42. The maximum Gasteiger partial charge on any atom is 0.237 e. The molecule has 1 aromatic carbocycles. The average molecular weight is 269 g/mol. The number of halogens is 1. The van der Waals surface area contributed by atoms with Crippen molar-refractivity contribution in [3.05, 3.63) is 35.4 Å². The second-order valence-corrected chi connectivity index (χ2v) is 4.49. The van der Waals surface area contributed by atoms with Crippen LogP contribution < -0.4 is 5.32 Å². The molecule has 0 bridgehead atoms. The number of carbonyl (C=O) groups excluding carboxylic acids is 1. The minimum absolute atomic E-state index is 0. The Hall–Kier alpha value is -1.06. The summed E-state index contributed by atoms with van der Waals surface area (Å²) in [6, 6.07) is 8.73. The van der Waals surface area contributed by atoms with Gasteiger partial charge in [0.15, 0.2) is 0 Å². The summed E-state index contributed by atoms with van der Waals surface area (Å²) in [5.74, 6) is 0.203. The Morgan fingerprint density at radius 3 is 2.83 bits per heavy atom. The van der Waals surface area contributed by atoms with Gasteiger partial charge in [-0.2, -0.15) is 0 Å². The molecule has 1 N–H and O–H groups in total. The summed E-state index contributed by atoms with van der Waals surface area (Å²) >= 11 is 0. The van der Waals surface area contributed by atoms with Crippen molar-refractivity contribution in [2.45, 2.75) is 25.8 Å². The Morgan fingerprint density at radius 1 is 1.44 bits per heavy atom. The Balaban J connectivity index is 0.00000162. The molecule has 18 heavy (non-hydrogen) atoms. The highest BCUT2D eigenvalue weighted by atomic mass is 35.5. The SMILES string of the molecule is CCC1c2ccccc2CCN1C(=O)CNC.Cl. The van der Waals surface area contributed by atoms with E-state index in [1.54, 1.807) is 0 Å². The van der Waals surface area contributed by atoms with Crippen LogP contribution in [0.3, 0.4) is 0 Å². The molecule has 0 aliphatic carbocycles. The summed E-state index contributed by atoms with van der Waals surface area (Å²) in [4.78, 5) is 14.1. The van der Waals surface area contributed by atoms with E-state index in [4.69, 9.17) is 0 Å². The van der Waals surface area contributed by atoms with Crippen LogP contribution in [-0.4, -0.2) is 30.9 Å². The van der Waals surface area contributed by atoms with Gasteiger partial charge in [-0.25, -0.2) is 0 Å². The second kappa shape index (κ2) is 6.76. The van der Waals surface area contributed by atoms with Crippen LogP contribution in [0.5, 0.6) is 0 Å². The summed E-state index contributed by atoms with van der Waals surface area (Å²) in [5, 5.41) is 2.94. The van der Waals surface area contributed by atoms with E-state index in [0.29, 0.717) is 6.54 Å². The summed E-state index contributed by atoms with van der Waals surface area (Å²) in [6.07, 6.45) is 1.95. The van der Waals surface area contributed by atoms with Gasteiger partial charge >= 0.3 is 0 Å². The number of hydrogen-bond donors (Lipinski definition) is 1. The topological polar surface area (TPSA) is 32.3 Å². The highest BCUT2D eigenvalue weighted by molar-refractivity contribution is 5.85. The Morgan fingerprint density at radius 2 is 2.17 bits per heavy atom. The number of hydrogen-bond acceptors (Lipinski definition) is 2. The predicted molar refractivity (Wildman–Crippen MR) is 76.1 cm³/mol. The van der Waals surface area contributed by atoms with Gasteiger partial charge in [-0.05, 0) is 31.0 Å². The number of carbonyl (C=O) groups is 1. The molecule has 2 rings (SSSR count). The monoisotopic (exact) mass is 268 g/mol. The quantitative estimate of drug-likeness (QED) is 0.911. The predicted octanol–water partition coefficient (Wildman–Crippen LogP) is 2.16. The van der Waals surface area contributed by atoms with Crippen molar-refractivity contribution in [2.75, 3.05) is 20.1 Å². The fraction of sp³-hybridized carbons (Fsp3) is 0.500. The van der Waals surface area contributed by atoms with Crippen molar-refractivity contribution in [1.29, 1.82) is 0 Å². The first-order chi connectivity index (χ1) is 8.27. The first kappa shape index (κ1) is 15.0. The van der Waals surface area contributed by atoms with Crippen LogP contribution in [0.15, 0.2) is 24.3 Å². The molecule has 0 fully saturated rings. The molecule has 0 spiro atoms. The number of nitrogens with one attached hydrogen (secondary N) is 1. The van der Waals surface area contributed by atoms with Gasteiger partial charge in [0.05, 0.1) is 12.6 Å². The van der Waals surface area contributed by atoms with E-state index in [-0.39, 0.29) is 24.4 Å². The highest BCUT2D eigenvalue weighted by Crippen LogP contribution is 2.31. The molecule has 0 saturated heterocycles. The van der Waals surface area contributed by atoms with Gasteiger partial charge in [-0.3, -0.25) is 4.79 Å². The van der Waals surface area contributed by atoms with E-state index in [9.17, 15) is 4.79 Å². The molecule has 1 aromatic rings. The van der Waals surface area contributed by atoms with Crippen molar-refractivity contribution < 1.29 is 4.79 Å². The largest absolute Gasteiger partial charge is 0.334 e. The molecule has 1 aliphatic rings. The lowest BCUT2D eigenvalue weighted by Gasteiger charge is -2.37. The molecule has 1 unspecified atom stereocenters. The second-order valence-electron chi connectivity index (χ2n) is 4.49. The van der Waals surface area contributed by atoms with Crippen LogP contribution >= 0.6 is 12.4 Å². The lowest BCUT2D eigenvalue weighted by molar-refractivity contribution is -0.133. The molecule has 1 atom stereocenters. The average Bonchev–Trinajstić information content (AvgIpc) is 2.37. The number of amides is 1. The van der Waals surface area contributed by atoms with Gasteiger partial charge in [-0.15, -0.1) is 12.4 Å². The standard InChI is InChI=1S/C14H20N2O.ClH/c1-3-13-12-7-5-4-6-11(12)8-9-16(13)14(17)10-15-2;/h4-7,13,15H,3,8-10H2,1-2H3;1H. The zero-order valence-electron chi connectivity index (χ0n) is 11.0. The van der Waals surface area contributed by atoms with Crippen LogP contribution in [0.1, 0.15) is 30.5 Å². The number of fused-ring (bicyclic) bond motifs is 1. The first-order valence-electron chi connectivity index (χ1n) is 6.29. The van der Waals surface area contributed by atoms with E-state index >= 15 is 0 Å². The van der Waals surface area contributed by atoms with Gasteiger partial charge in [0.25, 0.3) is 0 Å². The number of nitrogens with zero attached hydrogens (tertiary/aromatic N) is 1. The van der Waals surface area contributed by atoms with Crippen LogP contribution in [0.2, 0.25) is 0 Å². The molecule has 4 heteroatoms. The molecule has 1 heterocycles. The fourth-order valence-electron chi connectivity index (χ4n) is 2.64. The van der Waals surface area contributed by atoms with E-state index in [1.807, 2.05) is 11.9 Å². The fourth-order valence-corrected chi connectivity index (χ4v) is 2.64. The maximum atomic E-state index is 12.0. The van der Waals surface area contributed by atoms with Gasteiger partial charge < -0.3 is 10.2 Å².